The molecule has 2 aromatic heterocycles. The summed E-state index contributed by atoms with van der Waals surface area (Å²) in [6.07, 6.45) is 1.95. The number of rotatable bonds is 7. The molecule has 0 spiro atoms. The minimum atomic E-state index is -0.497. The van der Waals surface area contributed by atoms with Gasteiger partial charge in [0.05, 0.1) is 17.1 Å². The zero-order valence-corrected chi connectivity index (χ0v) is 17.5. The molecule has 2 heterocycles. The third-order valence-electron chi connectivity index (χ3n) is 5.00. The number of hydrogen-bond donors (Lipinski definition) is 2. The predicted octanol–water partition coefficient (Wildman–Crippen LogP) is 3.53. The fourth-order valence-corrected chi connectivity index (χ4v) is 3.30. The van der Waals surface area contributed by atoms with Crippen LogP contribution >= 0.6 is 0 Å². The molecule has 31 heavy (non-hydrogen) atoms. The Bertz CT molecular complexity index is 1290. The number of benzene rings is 2. The lowest BCUT2D eigenvalue weighted by Gasteiger charge is -2.15. The van der Waals surface area contributed by atoms with Gasteiger partial charge >= 0.3 is 0 Å². The molecule has 0 fully saturated rings. The van der Waals surface area contributed by atoms with E-state index in [2.05, 4.69) is 33.7 Å². The summed E-state index contributed by atoms with van der Waals surface area (Å²) >= 11 is 0. The van der Waals surface area contributed by atoms with E-state index >= 15 is 0 Å². The maximum atomic E-state index is 12.4. The van der Waals surface area contributed by atoms with Crippen LogP contribution in [-0.4, -0.2) is 38.1 Å². The number of nitriles is 1. The van der Waals surface area contributed by atoms with E-state index in [9.17, 15) is 10.1 Å². The minimum Gasteiger partial charge on any atom is -0.354 e. The molecule has 0 bridgehead atoms. The van der Waals surface area contributed by atoms with Crippen LogP contribution in [0.4, 0.5) is 5.95 Å². The van der Waals surface area contributed by atoms with Crippen LogP contribution in [0.25, 0.3) is 27.9 Å². The number of amides is 1. The molecular formula is C23H23N7O. The number of anilines is 1. The Kier molecular flexibility index (Phi) is 5.76. The molecule has 2 aromatic carbocycles. The van der Waals surface area contributed by atoms with Crippen molar-refractivity contribution in [2.75, 3.05) is 11.9 Å². The predicted molar refractivity (Wildman–Crippen MR) is 119 cm³/mol. The second-order valence-corrected chi connectivity index (χ2v) is 7.33. The molecule has 0 radical (unpaired) electrons. The molecule has 8 heteroatoms. The first-order valence-corrected chi connectivity index (χ1v) is 10.3. The fourth-order valence-electron chi connectivity index (χ4n) is 3.30. The van der Waals surface area contributed by atoms with Gasteiger partial charge in [0.25, 0.3) is 0 Å². The maximum Gasteiger partial charge on any atom is 0.242 e. The minimum absolute atomic E-state index is 0.0985. The summed E-state index contributed by atoms with van der Waals surface area (Å²) in [4.78, 5) is 21.8. The molecule has 4 aromatic rings. The standard InChI is InChI=1S/C23H23N7O/c1-3-4-12-25-22(31)15(2)26-23-27-19-11-6-5-10-18(19)21-28-20(29-30(21)23)17-9-7-8-16(13-17)14-24/h5-11,13,15H,3-4,12H2,1-2H3,(H,25,31)(H,26,27)/t15-/m0/s1. The molecule has 0 unspecified atom stereocenters. The molecule has 0 aliphatic rings. The van der Waals surface area contributed by atoms with E-state index in [1.165, 1.54) is 0 Å². The molecular weight excluding hydrogens is 390 g/mol. The quantitative estimate of drug-likeness (QED) is 0.449. The number of hydrogen-bond acceptors (Lipinski definition) is 6. The number of nitrogens with one attached hydrogen (secondary N) is 2. The average Bonchev–Trinajstić information content (AvgIpc) is 3.25. The van der Waals surface area contributed by atoms with E-state index in [4.69, 9.17) is 4.98 Å². The van der Waals surface area contributed by atoms with Crippen LogP contribution in [-0.2, 0) is 4.79 Å². The number of nitrogens with zero attached hydrogens (tertiary/aromatic N) is 5. The van der Waals surface area contributed by atoms with E-state index in [1.54, 1.807) is 29.6 Å². The van der Waals surface area contributed by atoms with Crippen LogP contribution in [0.2, 0.25) is 0 Å². The third-order valence-corrected chi connectivity index (χ3v) is 5.00. The van der Waals surface area contributed by atoms with E-state index < -0.39 is 6.04 Å². The SMILES string of the molecule is CCCCNC(=O)[C@H](C)Nc1nc2ccccc2c2nc(-c3cccc(C#N)c3)nn12. The molecule has 1 amide bonds. The zero-order chi connectivity index (χ0) is 21.8. The highest BCUT2D eigenvalue weighted by Gasteiger charge is 2.18. The van der Waals surface area contributed by atoms with Crippen LogP contribution in [0.15, 0.2) is 48.5 Å². The third kappa shape index (κ3) is 4.16. The summed E-state index contributed by atoms with van der Waals surface area (Å²) in [5.41, 5.74) is 2.66. The van der Waals surface area contributed by atoms with E-state index in [1.807, 2.05) is 30.3 Å². The van der Waals surface area contributed by atoms with Crippen LogP contribution in [0.5, 0.6) is 0 Å². The molecule has 156 valence electrons. The smallest absolute Gasteiger partial charge is 0.242 e. The van der Waals surface area contributed by atoms with Crippen molar-refractivity contribution in [2.24, 2.45) is 0 Å². The second kappa shape index (κ2) is 8.79. The summed E-state index contributed by atoms with van der Waals surface area (Å²) in [6.45, 7) is 4.51. The summed E-state index contributed by atoms with van der Waals surface area (Å²) in [5, 5.41) is 20.8. The van der Waals surface area contributed by atoms with Gasteiger partial charge in [0.2, 0.25) is 11.9 Å². The first-order valence-electron chi connectivity index (χ1n) is 10.3. The lowest BCUT2D eigenvalue weighted by atomic mass is 10.1. The van der Waals surface area contributed by atoms with Gasteiger partial charge in [0, 0.05) is 17.5 Å². The van der Waals surface area contributed by atoms with Crippen molar-refractivity contribution in [1.29, 1.82) is 5.26 Å². The molecule has 0 aliphatic carbocycles. The molecule has 0 aliphatic heterocycles. The first-order chi connectivity index (χ1) is 15.1. The Balaban J connectivity index is 1.76. The lowest BCUT2D eigenvalue weighted by molar-refractivity contribution is -0.121. The highest BCUT2D eigenvalue weighted by atomic mass is 16.2. The highest BCUT2D eigenvalue weighted by Crippen LogP contribution is 2.24. The number of para-hydroxylation sites is 1. The molecule has 0 saturated carbocycles. The second-order valence-electron chi connectivity index (χ2n) is 7.33. The van der Waals surface area contributed by atoms with Crippen LogP contribution in [0.3, 0.4) is 0 Å². The van der Waals surface area contributed by atoms with Crippen LogP contribution in [0, 0.1) is 11.3 Å². The van der Waals surface area contributed by atoms with Gasteiger partial charge in [-0.25, -0.2) is 9.97 Å². The summed E-state index contributed by atoms with van der Waals surface area (Å²) in [7, 11) is 0. The van der Waals surface area contributed by atoms with Gasteiger partial charge in [-0.1, -0.05) is 37.6 Å². The van der Waals surface area contributed by atoms with Crippen molar-refractivity contribution in [3.8, 4) is 17.5 Å². The number of carbonyl (C=O) groups is 1. The number of aromatic nitrogens is 4. The maximum absolute atomic E-state index is 12.4. The van der Waals surface area contributed by atoms with E-state index in [0.29, 0.717) is 29.5 Å². The van der Waals surface area contributed by atoms with Gasteiger partial charge < -0.3 is 10.6 Å². The van der Waals surface area contributed by atoms with Crippen molar-refractivity contribution in [1.82, 2.24) is 24.9 Å². The molecule has 1 atom stereocenters. The van der Waals surface area contributed by atoms with E-state index in [-0.39, 0.29) is 5.91 Å². The fraction of sp³-hybridized carbons (Fsp3) is 0.261. The van der Waals surface area contributed by atoms with Crippen LogP contribution in [0.1, 0.15) is 32.3 Å². The first kappa shape index (κ1) is 20.3. The zero-order valence-electron chi connectivity index (χ0n) is 17.5. The highest BCUT2D eigenvalue weighted by molar-refractivity contribution is 5.93. The topological polar surface area (TPSA) is 108 Å². The summed E-state index contributed by atoms with van der Waals surface area (Å²) in [5.74, 6) is 0.819. The summed E-state index contributed by atoms with van der Waals surface area (Å²) < 4.78 is 1.62. The Morgan fingerprint density at radius 2 is 2.03 bits per heavy atom. The normalized spacial score (nSPS) is 11.9. The van der Waals surface area contributed by atoms with Gasteiger partial charge in [-0.2, -0.15) is 9.78 Å². The molecule has 4 rings (SSSR count). The largest absolute Gasteiger partial charge is 0.354 e. The van der Waals surface area contributed by atoms with Crippen molar-refractivity contribution < 1.29 is 4.79 Å². The van der Waals surface area contributed by atoms with Gasteiger partial charge in [-0.3, -0.25) is 4.79 Å². The van der Waals surface area contributed by atoms with Crippen LogP contribution < -0.4 is 10.6 Å². The Morgan fingerprint density at radius 1 is 1.19 bits per heavy atom. The number of carbonyl (C=O) groups excluding carboxylic acids is 1. The number of fused-ring (bicyclic) bond motifs is 3. The van der Waals surface area contributed by atoms with E-state index in [0.717, 1.165) is 29.3 Å². The Morgan fingerprint density at radius 3 is 2.84 bits per heavy atom. The Labute approximate surface area is 179 Å². The Hall–Kier alpha value is -3.99. The van der Waals surface area contributed by atoms with Gasteiger partial charge in [-0.05, 0) is 37.6 Å². The van der Waals surface area contributed by atoms with Crippen molar-refractivity contribution >= 4 is 28.4 Å². The van der Waals surface area contributed by atoms with Crippen molar-refractivity contribution in [3.63, 3.8) is 0 Å². The lowest BCUT2D eigenvalue weighted by Crippen LogP contribution is -2.38. The van der Waals surface area contributed by atoms with Gasteiger partial charge in [0.1, 0.15) is 6.04 Å². The molecule has 2 N–H and O–H groups in total. The van der Waals surface area contributed by atoms with Crippen molar-refractivity contribution in [3.05, 3.63) is 54.1 Å². The summed E-state index contributed by atoms with van der Waals surface area (Å²) in [6, 6.07) is 16.5. The number of unbranched alkanes of at least 4 members (excludes halogenated alkanes) is 1. The monoisotopic (exact) mass is 413 g/mol. The molecule has 8 nitrogen and oxygen atoms in total. The van der Waals surface area contributed by atoms with Gasteiger partial charge in [-0.15, -0.1) is 5.10 Å². The van der Waals surface area contributed by atoms with Crippen molar-refractivity contribution in [2.45, 2.75) is 32.7 Å². The van der Waals surface area contributed by atoms with Gasteiger partial charge in [0.15, 0.2) is 11.5 Å². The molecule has 0 saturated heterocycles. The average molecular weight is 413 g/mol.